The molecule has 27 heavy (non-hydrogen) atoms. The van der Waals surface area contributed by atoms with Crippen LogP contribution < -0.4 is 5.32 Å². The number of benzene rings is 2. The van der Waals surface area contributed by atoms with Crippen LogP contribution in [-0.2, 0) is 9.53 Å². The third kappa shape index (κ3) is 4.69. The van der Waals surface area contributed by atoms with Gasteiger partial charge in [-0.1, -0.05) is 19.1 Å². The molecular weight excluding hydrogens is 355 g/mol. The molecule has 0 aliphatic carbocycles. The predicted molar refractivity (Wildman–Crippen MR) is 95.4 cm³/mol. The molecule has 1 fully saturated rings. The number of ether oxygens (including phenoxy) is 1. The molecule has 0 spiro atoms. The fraction of sp³-hybridized carbons (Fsp3) is 0.381. The molecular formula is C21H22F3NO2. The Labute approximate surface area is 156 Å². The molecule has 144 valence electrons. The van der Waals surface area contributed by atoms with Crippen molar-refractivity contribution in [1.29, 1.82) is 0 Å². The standard InChI is InChI=1S/C21H22F3NO2/c1-3-20(26)25-21(2)11-18(13-4-6-15(22)7-5-13)27-19(12-21)14-8-16(23)10-17(24)9-14/h4-10,18-19H,3,11-12H2,1-2H3,(H,25,26)/t18-,19+,21+/m0/s1. The zero-order valence-corrected chi connectivity index (χ0v) is 15.3. The van der Waals surface area contributed by atoms with E-state index in [-0.39, 0.29) is 11.7 Å². The van der Waals surface area contributed by atoms with E-state index < -0.39 is 29.4 Å². The topological polar surface area (TPSA) is 38.3 Å². The van der Waals surface area contributed by atoms with E-state index in [0.29, 0.717) is 24.8 Å². The Hall–Kier alpha value is -2.34. The van der Waals surface area contributed by atoms with Crippen molar-refractivity contribution in [3.63, 3.8) is 0 Å². The van der Waals surface area contributed by atoms with Gasteiger partial charge in [0.1, 0.15) is 17.5 Å². The van der Waals surface area contributed by atoms with Crippen molar-refractivity contribution in [2.24, 2.45) is 0 Å². The van der Waals surface area contributed by atoms with Gasteiger partial charge in [-0.05, 0) is 42.3 Å². The first kappa shape index (κ1) is 19.4. The van der Waals surface area contributed by atoms with Gasteiger partial charge in [0, 0.05) is 30.9 Å². The Kier molecular flexibility index (Phi) is 5.56. The molecule has 0 bridgehead atoms. The molecule has 0 unspecified atom stereocenters. The van der Waals surface area contributed by atoms with E-state index in [9.17, 15) is 18.0 Å². The monoisotopic (exact) mass is 377 g/mol. The lowest BCUT2D eigenvalue weighted by atomic mass is 9.81. The van der Waals surface area contributed by atoms with Crippen molar-refractivity contribution >= 4 is 5.91 Å². The fourth-order valence-electron chi connectivity index (χ4n) is 3.55. The first-order chi connectivity index (χ1) is 12.8. The zero-order chi connectivity index (χ0) is 19.6. The Morgan fingerprint density at radius 3 is 2.11 bits per heavy atom. The average Bonchev–Trinajstić information content (AvgIpc) is 2.60. The Morgan fingerprint density at radius 1 is 1.00 bits per heavy atom. The van der Waals surface area contributed by atoms with Gasteiger partial charge in [0.15, 0.2) is 0 Å². The first-order valence-electron chi connectivity index (χ1n) is 8.96. The van der Waals surface area contributed by atoms with Crippen LogP contribution in [0.25, 0.3) is 0 Å². The molecule has 2 aromatic rings. The number of carbonyl (C=O) groups is 1. The van der Waals surface area contributed by atoms with Crippen LogP contribution in [-0.4, -0.2) is 11.4 Å². The summed E-state index contributed by atoms with van der Waals surface area (Å²) >= 11 is 0. The van der Waals surface area contributed by atoms with E-state index in [0.717, 1.165) is 11.6 Å². The maximum Gasteiger partial charge on any atom is 0.220 e. The van der Waals surface area contributed by atoms with Crippen molar-refractivity contribution in [3.8, 4) is 0 Å². The normalized spacial score (nSPS) is 25.2. The van der Waals surface area contributed by atoms with Crippen molar-refractivity contribution in [2.75, 3.05) is 0 Å². The van der Waals surface area contributed by atoms with Gasteiger partial charge in [-0.15, -0.1) is 0 Å². The second kappa shape index (κ2) is 7.72. The van der Waals surface area contributed by atoms with Crippen molar-refractivity contribution < 1.29 is 22.7 Å². The van der Waals surface area contributed by atoms with Gasteiger partial charge >= 0.3 is 0 Å². The van der Waals surface area contributed by atoms with E-state index in [1.807, 2.05) is 6.92 Å². The molecule has 1 aliphatic heterocycles. The molecule has 3 nitrogen and oxygen atoms in total. The third-order valence-corrected chi connectivity index (χ3v) is 4.86. The number of hydrogen-bond donors (Lipinski definition) is 1. The van der Waals surface area contributed by atoms with Crippen LogP contribution in [0.5, 0.6) is 0 Å². The van der Waals surface area contributed by atoms with Gasteiger partial charge < -0.3 is 10.1 Å². The molecule has 1 N–H and O–H groups in total. The lowest BCUT2D eigenvalue weighted by Crippen LogP contribution is -2.50. The van der Waals surface area contributed by atoms with Crippen LogP contribution in [0.3, 0.4) is 0 Å². The molecule has 0 aromatic heterocycles. The Balaban J connectivity index is 1.95. The number of halogens is 3. The van der Waals surface area contributed by atoms with Crippen molar-refractivity contribution in [3.05, 3.63) is 71.0 Å². The summed E-state index contributed by atoms with van der Waals surface area (Å²) < 4.78 is 46.8. The van der Waals surface area contributed by atoms with E-state index >= 15 is 0 Å². The summed E-state index contributed by atoms with van der Waals surface area (Å²) in [5.41, 5.74) is 0.490. The van der Waals surface area contributed by atoms with E-state index in [1.165, 1.54) is 24.3 Å². The van der Waals surface area contributed by atoms with Gasteiger partial charge in [0.2, 0.25) is 5.91 Å². The molecule has 1 amide bonds. The highest BCUT2D eigenvalue weighted by atomic mass is 19.1. The number of hydrogen-bond acceptors (Lipinski definition) is 2. The predicted octanol–water partition coefficient (Wildman–Crippen LogP) is 4.98. The maximum atomic E-state index is 13.7. The van der Waals surface area contributed by atoms with Crippen LogP contribution in [0.1, 0.15) is 56.4 Å². The first-order valence-corrected chi connectivity index (χ1v) is 8.96. The summed E-state index contributed by atoms with van der Waals surface area (Å²) in [5, 5.41) is 3.00. The van der Waals surface area contributed by atoms with Crippen molar-refractivity contribution in [2.45, 2.75) is 50.9 Å². The summed E-state index contributed by atoms with van der Waals surface area (Å²) in [4.78, 5) is 12.0. The minimum Gasteiger partial charge on any atom is -0.365 e. The molecule has 0 radical (unpaired) electrons. The number of nitrogens with one attached hydrogen (secondary N) is 1. The zero-order valence-electron chi connectivity index (χ0n) is 15.3. The number of amides is 1. The molecule has 1 saturated heterocycles. The van der Waals surface area contributed by atoms with E-state index in [1.54, 1.807) is 19.1 Å². The molecule has 6 heteroatoms. The van der Waals surface area contributed by atoms with Gasteiger partial charge in [-0.2, -0.15) is 0 Å². The highest BCUT2D eigenvalue weighted by molar-refractivity contribution is 5.76. The van der Waals surface area contributed by atoms with Crippen LogP contribution in [0, 0.1) is 17.5 Å². The molecule has 1 heterocycles. The highest BCUT2D eigenvalue weighted by Crippen LogP contribution is 2.43. The lowest BCUT2D eigenvalue weighted by molar-refractivity contribution is -0.128. The van der Waals surface area contributed by atoms with E-state index in [4.69, 9.17) is 4.74 Å². The fourth-order valence-corrected chi connectivity index (χ4v) is 3.55. The molecule has 3 atom stereocenters. The number of rotatable bonds is 4. The van der Waals surface area contributed by atoms with Gasteiger partial charge in [0.05, 0.1) is 12.2 Å². The molecule has 1 aliphatic rings. The van der Waals surface area contributed by atoms with Gasteiger partial charge in [-0.25, -0.2) is 13.2 Å². The van der Waals surface area contributed by atoms with Crippen LogP contribution >= 0.6 is 0 Å². The smallest absolute Gasteiger partial charge is 0.220 e. The summed E-state index contributed by atoms with van der Waals surface area (Å²) in [7, 11) is 0. The van der Waals surface area contributed by atoms with Crippen molar-refractivity contribution in [1.82, 2.24) is 5.32 Å². The quantitative estimate of drug-likeness (QED) is 0.816. The molecule has 0 saturated carbocycles. The second-order valence-corrected chi connectivity index (χ2v) is 7.24. The SMILES string of the molecule is CCC(=O)N[C@]1(C)C[C@@H](c2ccc(F)cc2)O[C@@H](c2cc(F)cc(F)c2)C1. The number of carbonyl (C=O) groups excluding carboxylic acids is 1. The highest BCUT2D eigenvalue weighted by Gasteiger charge is 2.40. The van der Waals surface area contributed by atoms with E-state index in [2.05, 4.69) is 5.32 Å². The van der Waals surface area contributed by atoms with Crippen LogP contribution in [0.15, 0.2) is 42.5 Å². The largest absolute Gasteiger partial charge is 0.365 e. The lowest BCUT2D eigenvalue weighted by Gasteiger charge is -2.43. The maximum absolute atomic E-state index is 13.7. The Bertz CT molecular complexity index is 804. The van der Waals surface area contributed by atoms with Gasteiger partial charge in [-0.3, -0.25) is 4.79 Å². The third-order valence-electron chi connectivity index (χ3n) is 4.86. The second-order valence-electron chi connectivity index (χ2n) is 7.24. The summed E-state index contributed by atoms with van der Waals surface area (Å²) in [6.07, 6.45) is 0.119. The summed E-state index contributed by atoms with van der Waals surface area (Å²) in [6.45, 7) is 3.65. The Morgan fingerprint density at radius 2 is 1.56 bits per heavy atom. The molecule has 2 aromatic carbocycles. The summed E-state index contributed by atoms with van der Waals surface area (Å²) in [6, 6.07) is 9.21. The van der Waals surface area contributed by atoms with Crippen LogP contribution in [0.2, 0.25) is 0 Å². The van der Waals surface area contributed by atoms with Crippen LogP contribution in [0.4, 0.5) is 13.2 Å². The van der Waals surface area contributed by atoms with Gasteiger partial charge in [0.25, 0.3) is 0 Å². The minimum absolute atomic E-state index is 0.110. The summed E-state index contributed by atoms with van der Waals surface area (Å²) in [5.74, 6) is -1.84. The molecule has 3 rings (SSSR count). The average molecular weight is 377 g/mol. The minimum atomic E-state index is -0.684.